The molecule has 2 aromatic rings. The first-order chi connectivity index (χ1) is 10.2. The van der Waals surface area contributed by atoms with E-state index < -0.39 is 0 Å². The van der Waals surface area contributed by atoms with Crippen molar-refractivity contribution in [3.63, 3.8) is 0 Å². The molecule has 0 amide bonds. The van der Waals surface area contributed by atoms with Crippen molar-refractivity contribution in [2.24, 2.45) is 0 Å². The van der Waals surface area contributed by atoms with E-state index in [1.807, 2.05) is 0 Å². The van der Waals surface area contributed by atoms with Gasteiger partial charge in [0.05, 0.1) is 19.3 Å². The molecule has 1 aromatic carbocycles. The van der Waals surface area contributed by atoms with Gasteiger partial charge in [0.15, 0.2) is 17.8 Å². The van der Waals surface area contributed by atoms with E-state index in [2.05, 4.69) is 10.2 Å². The predicted molar refractivity (Wildman–Crippen MR) is 78.3 cm³/mol. The van der Waals surface area contributed by atoms with E-state index in [-0.39, 0.29) is 0 Å². The molecule has 0 saturated heterocycles. The number of hydrogen-bond donors (Lipinski definition) is 0. The van der Waals surface area contributed by atoms with E-state index in [0.717, 1.165) is 18.5 Å². The number of carbonyl (C=O) groups excluding carboxylic acids is 1. The van der Waals surface area contributed by atoms with E-state index in [4.69, 9.17) is 13.9 Å². The summed E-state index contributed by atoms with van der Waals surface area (Å²) in [6, 6.07) is 5.21. The van der Waals surface area contributed by atoms with Crippen molar-refractivity contribution >= 4 is 18.0 Å². The number of aromatic nitrogens is 2. The number of para-hydroxylation sites is 1. The maximum atomic E-state index is 11.0. The van der Waals surface area contributed by atoms with Crippen LogP contribution in [0, 0.1) is 6.92 Å². The van der Waals surface area contributed by atoms with Gasteiger partial charge in [0.2, 0.25) is 5.89 Å². The van der Waals surface area contributed by atoms with E-state index in [1.54, 1.807) is 32.2 Å². The van der Waals surface area contributed by atoms with Crippen molar-refractivity contribution in [3.8, 4) is 11.5 Å². The molecule has 6 nitrogen and oxygen atoms in total. The van der Waals surface area contributed by atoms with Crippen LogP contribution in [0.25, 0.3) is 0 Å². The Morgan fingerprint density at radius 3 is 2.90 bits per heavy atom. The molecule has 0 fully saturated rings. The number of aldehydes is 1. The summed E-state index contributed by atoms with van der Waals surface area (Å²) in [4.78, 5) is 11.0. The molecule has 0 spiro atoms. The number of nitrogens with zero attached hydrogens (tertiary/aromatic N) is 2. The number of ether oxygens (including phenoxy) is 2. The van der Waals surface area contributed by atoms with Crippen LogP contribution in [0.3, 0.4) is 0 Å². The first kappa shape index (κ1) is 15.4. The molecule has 112 valence electrons. The smallest absolute Gasteiger partial charge is 0.276 e. The summed E-state index contributed by atoms with van der Waals surface area (Å²) in [6.45, 7) is 2.23. The largest absolute Gasteiger partial charge is 0.493 e. The molecule has 21 heavy (non-hydrogen) atoms. The molecule has 0 saturated carbocycles. The van der Waals surface area contributed by atoms with Crippen LogP contribution in [0.1, 0.15) is 22.7 Å². The first-order valence-corrected chi connectivity index (χ1v) is 7.41. The van der Waals surface area contributed by atoms with Gasteiger partial charge in [-0.25, -0.2) is 0 Å². The third-order valence-corrected chi connectivity index (χ3v) is 3.53. The topological polar surface area (TPSA) is 74.5 Å². The second-order valence-corrected chi connectivity index (χ2v) is 5.18. The Hall–Kier alpha value is -2.02. The Balaban J connectivity index is 1.82. The molecular formula is C14H16N2O4S. The number of methoxy groups -OCH3 is 1. The number of benzene rings is 1. The molecule has 0 radical (unpaired) electrons. The molecule has 0 aliphatic heterocycles. The summed E-state index contributed by atoms with van der Waals surface area (Å²) in [5.41, 5.74) is 0.481. The monoisotopic (exact) mass is 308 g/mol. The molecule has 0 N–H and O–H groups in total. The summed E-state index contributed by atoms with van der Waals surface area (Å²) in [7, 11) is 1.55. The van der Waals surface area contributed by atoms with Crippen LogP contribution in [0.5, 0.6) is 11.5 Å². The molecular weight excluding hydrogens is 292 g/mol. The van der Waals surface area contributed by atoms with Gasteiger partial charge in [0, 0.05) is 12.7 Å². The lowest BCUT2D eigenvalue weighted by atomic mass is 10.2. The fourth-order valence-corrected chi connectivity index (χ4v) is 2.39. The second-order valence-electron chi connectivity index (χ2n) is 4.13. The van der Waals surface area contributed by atoms with Crippen LogP contribution < -0.4 is 9.47 Å². The third kappa shape index (κ3) is 4.22. The van der Waals surface area contributed by atoms with Crippen LogP contribution in [0.2, 0.25) is 0 Å². The van der Waals surface area contributed by atoms with Crippen molar-refractivity contribution < 1.29 is 18.7 Å². The SMILES string of the molecule is COc1cccc(C=O)c1OCCCSc1nnc(C)o1. The first-order valence-electron chi connectivity index (χ1n) is 6.42. The minimum absolute atomic E-state index is 0.474. The average molecular weight is 308 g/mol. The minimum atomic E-state index is 0.474. The third-order valence-electron chi connectivity index (χ3n) is 2.62. The van der Waals surface area contributed by atoms with Gasteiger partial charge in [-0.2, -0.15) is 0 Å². The minimum Gasteiger partial charge on any atom is -0.493 e. The normalized spacial score (nSPS) is 10.4. The van der Waals surface area contributed by atoms with Crippen LogP contribution in [0.15, 0.2) is 27.8 Å². The second kappa shape index (κ2) is 7.68. The van der Waals surface area contributed by atoms with Gasteiger partial charge in [0.25, 0.3) is 5.22 Å². The zero-order valence-corrected chi connectivity index (χ0v) is 12.7. The quantitative estimate of drug-likeness (QED) is 0.421. The average Bonchev–Trinajstić information content (AvgIpc) is 2.92. The zero-order valence-electron chi connectivity index (χ0n) is 11.9. The zero-order chi connectivity index (χ0) is 15.1. The van der Waals surface area contributed by atoms with E-state index in [1.165, 1.54) is 11.8 Å². The van der Waals surface area contributed by atoms with Gasteiger partial charge in [-0.1, -0.05) is 17.8 Å². The van der Waals surface area contributed by atoms with Gasteiger partial charge < -0.3 is 13.9 Å². The Morgan fingerprint density at radius 1 is 1.38 bits per heavy atom. The Morgan fingerprint density at radius 2 is 2.24 bits per heavy atom. The van der Waals surface area contributed by atoms with Gasteiger partial charge >= 0.3 is 0 Å². The highest BCUT2D eigenvalue weighted by Crippen LogP contribution is 2.30. The van der Waals surface area contributed by atoms with E-state index >= 15 is 0 Å². The van der Waals surface area contributed by atoms with Crippen LogP contribution in [0.4, 0.5) is 0 Å². The standard InChI is InChI=1S/C14H16N2O4S/c1-10-15-16-14(20-10)21-8-4-7-19-13-11(9-17)5-3-6-12(13)18-2/h3,5-6,9H,4,7-8H2,1-2H3. The number of thioether (sulfide) groups is 1. The molecule has 0 aliphatic carbocycles. The van der Waals surface area contributed by atoms with Gasteiger partial charge in [0.1, 0.15) is 0 Å². The van der Waals surface area contributed by atoms with Crippen molar-refractivity contribution in [2.45, 2.75) is 18.6 Å². The molecule has 1 aromatic heterocycles. The molecule has 0 bridgehead atoms. The number of hydrogen-bond acceptors (Lipinski definition) is 7. The highest BCUT2D eigenvalue weighted by atomic mass is 32.2. The van der Waals surface area contributed by atoms with Crippen molar-refractivity contribution in [1.29, 1.82) is 0 Å². The van der Waals surface area contributed by atoms with Crippen molar-refractivity contribution in [1.82, 2.24) is 10.2 Å². The molecule has 2 rings (SSSR count). The fourth-order valence-electron chi connectivity index (χ4n) is 1.67. The maximum Gasteiger partial charge on any atom is 0.276 e. The number of carbonyl (C=O) groups is 1. The van der Waals surface area contributed by atoms with Crippen molar-refractivity contribution in [2.75, 3.05) is 19.5 Å². The fraction of sp³-hybridized carbons (Fsp3) is 0.357. The summed E-state index contributed by atoms with van der Waals surface area (Å²) >= 11 is 1.48. The molecule has 0 atom stereocenters. The summed E-state index contributed by atoms with van der Waals surface area (Å²) in [5.74, 6) is 2.37. The Bertz CT molecular complexity index is 600. The predicted octanol–water partition coefficient (Wildman–Crippen LogP) is 2.76. The van der Waals surface area contributed by atoms with E-state index in [0.29, 0.717) is 34.8 Å². The lowest BCUT2D eigenvalue weighted by Gasteiger charge is -2.12. The van der Waals surface area contributed by atoms with Crippen LogP contribution in [-0.2, 0) is 0 Å². The molecule has 0 aliphatic rings. The molecule has 7 heteroatoms. The van der Waals surface area contributed by atoms with Gasteiger partial charge in [-0.05, 0) is 18.6 Å². The van der Waals surface area contributed by atoms with Gasteiger partial charge in [-0.15, -0.1) is 10.2 Å². The summed E-state index contributed by atoms with van der Waals surface area (Å²) in [5, 5.41) is 8.20. The number of aryl methyl sites for hydroxylation is 1. The maximum absolute atomic E-state index is 11.0. The Labute approximate surface area is 126 Å². The summed E-state index contributed by atoms with van der Waals surface area (Å²) < 4.78 is 16.1. The summed E-state index contributed by atoms with van der Waals surface area (Å²) in [6.07, 6.45) is 1.54. The molecule has 0 unspecified atom stereocenters. The highest BCUT2D eigenvalue weighted by Gasteiger charge is 2.10. The Kier molecular flexibility index (Phi) is 5.62. The molecule has 1 heterocycles. The van der Waals surface area contributed by atoms with Crippen LogP contribution in [-0.4, -0.2) is 36.0 Å². The lowest BCUT2D eigenvalue weighted by molar-refractivity contribution is 0.111. The lowest BCUT2D eigenvalue weighted by Crippen LogP contribution is -2.03. The highest BCUT2D eigenvalue weighted by molar-refractivity contribution is 7.99. The van der Waals surface area contributed by atoms with Crippen molar-refractivity contribution in [3.05, 3.63) is 29.7 Å². The van der Waals surface area contributed by atoms with Gasteiger partial charge in [-0.3, -0.25) is 4.79 Å². The van der Waals surface area contributed by atoms with E-state index in [9.17, 15) is 4.79 Å². The van der Waals surface area contributed by atoms with Crippen LogP contribution >= 0.6 is 11.8 Å². The number of rotatable bonds is 8.